The summed E-state index contributed by atoms with van der Waals surface area (Å²) in [6, 6.07) is 13.1. The van der Waals surface area contributed by atoms with Crippen LogP contribution in [0.3, 0.4) is 0 Å². The third-order valence-corrected chi connectivity index (χ3v) is 5.33. The lowest BCUT2D eigenvalue weighted by Crippen LogP contribution is -2.43. The van der Waals surface area contributed by atoms with Gasteiger partial charge in [0.1, 0.15) is 30.0 Å². The first kappa shape index (κ1) is 23.0. The molecule has 1 saturated heterocycles. The summed E-state index contributed by atoms with van der Waals surface area (Å²) in [5.74, 6) is 1.08. The number of ether oxygens (including phenoxy) is 2. The van der Waals surface area contributed by atoms with Crippen molar-refractivity contribution in [1.82, 2.24) is 9.80 Å². The molecule has 1 N–H and O–H groups in total. The molecule has 1 aliphatic heterocycles. The maximum absolute atomic E-state index is 13.0. The van der Waals surface area contributed by atoms with Crippen molar-refractivity contribution < 1.29 is 23.8 Å². The molecule has 3 rings (SSSR count). The molecule has 0 saturated carbocycles. The summed E-state index contributed by atoms with van der Waals surface area (Å²) in [5, 5.41) is 10.5. The SMILES string of the molecule is CN(C)C(=O)c1ccccc1OCC(O)CN1CCCC(COc2ccc(F)cc2)C1. The molecule has 0 spiro atoms. The molecule has 1 heterocycles. The molecule has 1 fully saturated rings. The highest BCUT2D eigenvalue weighted by Gasteiger charge is 2.23. The number of nitrogens with zero attached hydrogens (tertiary/aromatic N) is 2. The van der Waals surface area contributed by atoms with Crippen LogP contribution in [0.4, 0.5) is 4.39 Å². The van der Waals surface area contributed by atoms with E-state index in [2.05, 4.69) is 4.90 Å². The Morgan fingerprint density at radius 2 is 1.94 bits per heavy atom. The number of carbonyl (C=O) groups is 1. The van der Waals surface area contributed by atoms with Gasteiger partial charge in [0.25, 0.3) is 5.91 Å². The molecular weight excluding hydrogens is 399 g/mol. The highest BCUT2D eigenvalue weighted by atomic mass is 19.1. The van der Waals surface area contributed by atoms with Gasteiger partial charge >= 0.3 is 0 Å². The normalized spacial score (nSPS) is 17.7. The summed E-state index contributed by atoms with van der Waals surface area (Å²) in [6.45, 7) is 2.92. The standard InChI is InChI=1S/C24H31FN2O4/c1-26(2)24(29)22-7-3-4-8-23(22)31-17-20(28)15-27-13-5-6-18(14-27)16-30-21-11-9-19(25)10-12-21/h3-4,7-12,18,20,28H,5-6,13-17H2,1-2H3. The van der Waals surface area contributed by atoms with Gasteiger partial charge in [-0.1, -0.05) is 12.1 Å². The highest BCUT2D eigenvalue weighted by molar-refractivity contribution is 5.96. The van der Waals surface area contributed by atoms with Gasteiger partial charge in [0.2, 0.25) is 0 Å². The van der Waals surface area contributed by atoms with E-state index < -0.39 is 6.10 Å². The van der Waals surface area contributed by atoms with Crippen molar-refractivity contribution >= 4 is 5.91 Å². The molecule has 0 radical (unpaired) electrons. The molecular formula is C24H31FN2O4. The van der Waals surface area contributed by atoms with Crippen molar-refractivity contribution in [3.8, 4) is 11.5 Å². The average Bonchev–Trinajstić information content (AvgIpc) is 2.77. The van der Waals surface area contributed by atoms with Gasteiger partial charge in [-0.25, -0.2) is 4.39 Å². The number of hydrogen-bond acceptors (Lipinski definition) is 5. The summed E-state index contributed by atoms with van der Waals surface area (Å²) in [5.41, 5.74) is 0.482. The number of aliphatic hydroxyl groups is 1. The van der Waals surface area contributed by atoms with Crippen LogP contribution in [0, 0.1) is 11.7 Å². The van der Waals surface area contributed by atoms with Crippen molar-refractivity contribution in [3.63, 3.8) is 0 Å². The first-order valence-corrected chi connectivity index (χ1v) is 10.6. The van der Waals surface area contributed by atoms with Crippen LogP contribution in [0.15, 0.2) is 48.5 Å². The van der Waals surface area contributed by atoms with Crippen molar-refractivity contribution in [2.75, 3.05) is 46.9 Å². The van der Waals surface area contributed by atoms with Crippen LogP contribution in [0.2, 0.25) is 0 Å². The minimum atomic E-state index is -0.667. The average molecular weight is 431 g/mol. The van der Waals surface area contributed by atoms with Crippen LogP contribution in [0.5, 0.6) is 11.5 Å². The van der Waals surface area contributed by atoms with Gasteiger partial charge in [0, 0.05) is 33.1 Å². The zero-order chi connectivity index (χ0) is 22.2. The molecule has 7 heteroatoms. The number of carbonyl (C=O) groups excluding carboxylic acids is 1. The van der Waals surface area contributed by atoms with Gasteiger partial charge in [-0.3, -0.25) is 4.79 Å². The Morgan fingerprint density at radius 1 is 1.19 bits per heavy atom. The van der Waals surface area contributed by atoms with E-state index in [9.17, 15) is 14.3 Å². The summed E-state index contributed by atoms with van der Waals surface area (Å²) in [6.07, 6.45) is 1.43. The number of β-amino-alcohol motifs (C(OH)–C–C–N with tert-alkyl or cyclic N) is 1. The summed E-state index contributed by atoms with van der Waals surface area (Å²) < 4.78 is 24.6. The minimum absolute atomic E-state index is 0.116. The Morgan fingerprint density at radius 3 is 2.68 bits per heavy atom. The fraction of sp³-hybridized carbons (Fsp3) is 0.458. The first-order chi connectivity index (χ1) is 14.9. The largest absolute Gasteiger partial charge is 0.493 e. The second kappa shape index (κ2) is 11.1. The molecule has 1 aliphatic rings. The van der Waals surface area contributed by atoms with Crippen molar-refractivity contribution in [2.24, 2.45) is 5.92 Å². The van der Waals surface area contributed by atoms with Crippen LogP contribution in [-0.2, 0) is 0 Å². The molecule has 168 valence electrons. The molecule has 1 amide bonds. The van der Waals surface area contributed by atoms with Crippen molar-refractivity contribution in [3.05, 3.63) is 59.9 Å². The quantitative estimate of drug-likeness (QED) is 0.663. The van der Waals surface area contributed by atoms with Gasteiger partial charge in [-0.15, -0.1) is 0 Å². The summed E-state index contributed by atoms with van der Waals surface area (Å²) in [4.78, 5) is 16.0. The Bertz CT molecular complexity index is 844. The van der Waals surface area contributed by atoms with Crippen molar-refractivity contribution in [2.45, 2.75) is 18.9 Å². The van der Waals surface area contributed by atoms with E-state index in [-0.39, 0.29) is 18.3 Å². The van der Waals surface area contributed by atoms with E-state index in [1.165, 1.54) is 17.0 Å². The molecule has 0 aliphatic carbocycles. The zero-order valence-corrected chi connectivity index (χ0v) is 18.2. The van der Waals surface area contributed by atoms with Gasteiger partial charge in [-0.05, 0) is 55.8 Å². The molecule has 2 unspecified atom stereocenters. The lowest BCUT2D eigenvalue weighted by Gasteiger charge is -2.33. The van der Waals surface area contributed by atoms with E-state index >= 15 is 0 Å². The molecule has 2 aromatic rings. The Hall–Kier alpha value is -2.64. The molecule has 0 bridgehead atoms. The lowest BCUT2D eigenvalue weighted by atomic mass is 9.98. The molecule has 0 aromatic heterocycles. The van der Waals surface area contributed by atoms with E-state index in [1.807, 2.05) is 6.07 Å². The molecule has 2 aromatic carbocycles. The van der Waals surface area contributed by atoms with Crippen LogP contribution < -0.4 is 9.47 Å². The number of hydrogen-bond donors (Lipinski definition) is 1. The zero-order valence-electron chi connectivity index (χ0n) is 18.2. The summed E-state index contributed by atoms with van der Waals surface area (Å²) >= 11 is 0. The predicted molar refractivity (Wildman–Crippen MR) is 117 cm³/mol. The number of halogens is 1. The molecule has 6 nitrogen and oxygen atoms in total. The number of rotatable bonds is 9. The first-order valence-electron chi connectivity index (χ1n) is 10.6. The van der Waals surface area contributed by atoms with Crippen LogP contribution >= 0.6 is 0 Å². The monoisotopic (exact) mass is 430 g/mol. The maximum Gasteiger partial charge on any atom is 0.257 e. The van der Waals surface area contributed by atoms with Gasteiger partial charge in [0.15, 0.2) is 0 Å². The Balaban J connectivity index is 1.45. The minimum Gasteiger partial charge on any atom is -0.493 e. The Kier molecular flexibility index (Phi) is 8.26. The number of likely N-dealkylation sites (tertiary alicyclic amines) is 1. The number of amides is 1. The Labute approximate surface area is 183 Å². The molecule has 2 atom stereocenters. The molecule has 31 heavy (non-hydrogen) atoms. The maximum atomic E-state index is 13.0. The van der Waals surface area contributed by atoms with E-state index in [0.29, 0.717) is 36.1 Å². The number of benzene rings is 2. The lowest BCUT2D eigenvalue weighted by molar-refractivity contribution is 0.0446. The van der Waals surface area contributed by atoms with Gasteiger partial charge in [0.05, 0.1) is 12.2 Å². The fourth-order valence-corrected chi connectivity index (χ4v) is 3.74. The van der Waals surface area contributed by atoms with Crippen LogP contribution in [0.1, 0.15) is 23.2 Å². The van der Waals surface area contributed by atoms with Crippen molar-refractivity contribution in [1.29, 1.82) is 0 Å². The number of para-hydroxylation sites is 1. The third-order valence-electron chi connectivity index (χ3n) is 5.33. The smallest absolute Gasteiger partial charge is 0.257 e. The second-order valence-corrected chi connectivity index (χ2v) is 8.19. The summed E-state index contributed by atoms with van der Waals surface area (Å²) in [7, 11) is 3.39. The highest BCUT2D eigenvalue weighted by Crippen LogP contribution is 2.21. The van der Waals surface area contributed by atoms with Crippen LogP contribution in [0.25, 0.3) is 0 Å². The van der Waals surface area contributed by atoms with Gasteiger partial charge < -0.3 is 24.4 Å². The number of aliphatic hydroxyl groups excluding tert-OH is 1. The van der Waals surface area contributed by atoms with E-state index in [1.54, 1.807) is 44.4 Å². The third kappa shape index (κ3) is 6.94. The van der Waals surface area contributed by atoms with Gasteiger partial charge in [-0.2, -0.15) is 0 Å². The van der Waals surface area contributed by atoms with E-state index in [0.717, 1.165) is 25.9 Å². The van der Waals surface area contributed by atoms with Crippen LogP contribution in [-0.4, -0.2) is 73.9 Å². The second-order valence-electron chi connectivity index (χ2n) is 8.19. The topological polar surface area (TPSA) is 62.2 Å². The van der Waals surface area contributed by atoms with E-state index in [4.69, 9.17) is 9.47 Å². The number of piperidine rings is 1. The predicted octanol–water partition coefficient (Wildman–Crippen LogP) is 3.06. The fourth-order valence-electron chi connectivity index (χ4n) is 3.74.